The molecule has 0 spiro atoms. The van der Waals surface area contributed by atoms with Crippen LogP contribution in [0.25, 0.3) is 21.0 Å². The zero-order chi connectivity index (χ0) is 18.1. The number of hydrogen-bond donors (Lipinski definition) is 1. The molecular weight excluding hydrogens is 350 g/mol. The van der Waals surface area contributed by atoms with Crippen molar-refractivity contribution in [1.82, 2.24) is 15.2 Å². The number of benzene rings is 2. The Balaban J connectivity index is 1.66. The van der Waals surface area contributed by atoms with Gasteiger partial charge in [0.15, 0.2) is 0 Å². The number of nitrogens with zero attached hydrogens (tertiary/aromatic N) is 2. The van der Waals surface area contributed by atoms with Crippen molar-refractivity contribution in [2.75, 3.05) is 26.2 Å². The molecule has 1 saturated heterocycles. The molecule has 2 aromatic carbocycles. The zero-order valence-electron chi connectivity index (χ0n) is 15.3. The monoisotopic (exact) mass is 373 g/mol. The fraction of sp³-hybridized carbons (Fsp3) is 0.261. The van der Waals surface area contributed by atoms with E-state index in [4.69, 9.17) is 4.98 Å². The molecule has 0 aliphatic carbocycles. The van der Waals surface area contributed by atoms with E-state index in [9.17, 15) is 0 Å². The molecule has 136 valence electrons. The molecule has 0 amide bonds. The first-order valence-electron chi connectivity index (χ1n) is 9.67. The van der Waals surface area contributed by atoms with Crippen LogP contribution in [0.3, 0.4) is 0 Å². The summed E-state index contributed by atoms with van der Waals surface area (Å²) in [6, 6.07) is 21.8. The maximum absolute atomic E-state index is 5.09. The van der Waals surface area contributed by atoms with Crippen molar-refractivity contribution >= 4 is 32.3 Å². The number of rotatable bonds is 3. The average molecular weight is 374 g/mol. The molecule has 1 N–H and O–H groups in total. The fourth-order valence-electron chi connectivity index (χ4n) is 4.11. The quantitative estimate of drug-likeness (QED) is 0.557. The van der Waals surface area contributed by atoms with Crippen LogP contribution in [0.15, 0.2) is 66.0 Å². The van der Waals surface area contributed by atoms with Crippen molar-refractivity contribution < 1.29 is 0 Å². The predicted octanol–water partition coefficient (Wildman–Crippen LogP) is 4.83. The highest BCUT2D eigenvalue weighted by Crippen LogP contribution is 2.37. The second kappa shape index (κ2) is 7.39. The average Bonchev–Trinajstić information content (AvgIpc) is 2.95. The first-order valence-corrected chi connectivity index (χ1v) is 10.5. The molecule has 3 nitrogen and oxygen atoms in total. The molecule has 1 aliphatic heterocycles. The number of thiophene rings is 1. The third-order valence-corrected chi connectivity index (χ3v) is 6.43. The minimum absolute atomic E-state index is 0.200. The summed E-state index contributed by atoms with van der Waals surface area (Å²) >= 11 is 1.84. The fourth-order valence-corrected chi connectivity index (χ4v) is 5.09. The lowest BCUT2D eigenvalue weighted by molar-refractivity contribution is 0.239. The number of pyridine rings is 1. The van der Waals surface area contributed by atoms with Crippen LogP contribution in [0.2, 0.25) is 0 Å². The molecule has 0 saturated carbocycles. The third-order valence-electron chi connectivity index (χ3n) is 5.45. The van der Waals surface area contributed by atoms with Gasteiger partial charge in [0.1, 0.15) is 0 Å². The van der Waals surface area contributed by atoms with E-state index in [2.05, 4.69) is 76.3 Å². The Hall–Kier alpha value is -2.27. The third kappa shape index (κ3) is 3.25. The van der Waals surface area contributed by atoms with E-state index in [1.165, 1.54) is 27.5 Å². The molecule has 0 radical (unpaired) electrons. The van der Waals surface area contributed by atoms with E-state index in [0.29, 0.717) is 0 Å². The van der Waals surface area contributed by atoms with Crippen LogP contribution in [-0.4, -0.2) is 36.1 Å². The topological polar surface area (TPSA) is 28.2 Å². The van der Waals surface area contributed by atoms with Crippen LogP contribution in [0.4, 0.5) is 0 Å². The van der Waals surface area contributed by atoms with E-state index in [1.54, 1.807) is 0 Å². The Bertz CT molecular complexity index is 1060. The van der Waals surface area contributed by atoms with E-state index in [1.807, 2.05) is 11.3 Å². The highest BCUT2D eigenvalue weighted by molar-refractivity contribution is 7.17. The van der Waals surface area contributed by atoms with E-state index >= 15 is 0 Å². The minimum atomic E-state index is 0.200. The summed E-state index contributed by atoms with van der Waals surface area (Å²) in [5.74, 6) is 0. The van der Waals surface area contributed by atoms with Crippen LogP contribution in [0, 0.1) is 0 Å². The van der Waals surface area contributed by atoms with Crippen LogP contribution in [0.1, 0.15) is 23.7 Å². The summed E-state index contributed by atoms with van der Waals surface area (Å²) in [5, 5.41) is 8.44. The predicted molar refractivity (Wildman–Crippen MR) is 114 cm³/mol. The Morgan fingerprint density at radius 1 is 0.926 bits per heavy atom. The second-order valence-electron chi connectivity index (χ2n) is 7.16. The van der Waals surface area contributed by atoms with Crippen molar-refractivity contribution in [3.05, 3.63) is 77.3 Å². The van der Waals surface area contributed by atoms with Crippen molar-refractivity contribution in [1.29, 1.82) is 0 Å². The summed E-state index contributed by atoms with van der Waals surface area (Å²) in [6.45, 7) is 4.27. The van der Waals surface area contributed by atoms with Gasteiger partial charge >= 0.3 is 0 Å². The van der Waals surface area contributed by atoms with Gasteiger partial charge in [-0.2, -0.15) is 0 Å². The lowest BCUT2D eigenvalue weighted by Gasteiger charge is -2.30. The van der Waals surface area contributed by atoms with E-state index in [0.717, 1.165) is 37.4 Å². The first-order chi connectivity index (χ1) is 13.4. The second-order valence-corrected chi connectivity index (χ2v) is 8.07. The largest absolute Gasteiger partial charge is 0.315 e. The summed E-state index contributed by atoms with van der Waals surface area (Å²) < 4.78 is 1.35. The minimum Gasteiger partial charge on any atom is -0.315 e. The highest BCUT2D eigenvalue weighted by atomic mass is 32.1. The number of aromatic nitrogens is 1. The summed E-state index contributed by atoms with van der Waals surface area (Å²) in [5.41, 5.74) is 3.62. The number of fused-ring (bicyclic) bond motifs is 2. The maximum Gasteiger partial charge on any atom is 0.0791 e. The normalized spacial score (nSPS) is 17.2. The van der Waals surface area contributed by atoms with Crippen molar-refractivity contribution in [2.45, 2.75) is 12.5 Å². The molecule has 1 atom stereocenters. The van der Waals surface area contributed by atoms with Gasteiger partial charge in [0, 0.05) is 29.7 Å². The molecule has 0 bridgehead atoms. The summed E-state index contributed by atoms with van der Waals surface area (Å²) in [7, 11) is 0. The smallest absolute Gasteiger partial charge is 0.0791 e. The Labute approximate surface area is 163 Å². The standard InChI is InChI=1S/C23H23N3S/c1-3-8-20-17(6-1)10-11-21(25-20)23(26-14-5-12-24-13-15-26)19-16-27-22-9-4-2-7-18(19)22/h1-4,6-11,16,23-24H,5,12-15H2. The molecule has 3 heterocycles. The molecular formula is C23H23N3S. The number of para-hydroxylation sites is 1. The molecule has 4 heteroatoms. The van der Waals surface area contributed by atoms with Gasteiger partial charge in [-0.15, -0.1) is 11.3 Å². The van der Waals surface area contributed by atoms with Crippen molar-refractivity contribution in [3.63, 3.8) is 0 Å². The van der Waals surface area contributed by atoms with Crippen LogP contribution >= 0.6 is 11.3 Å². The number of hydrogen-bond acceptors (Lipinski definition) is 4. The van der Waals surface area contributed by atoms with Crippen LogP contribution in [-0.2, 0) is 0 Å². The molecule has 4 aromatic rings. The Morgan fingerprint density at radius 3 is 2.81 bits per heavy atom. The molecule has 1 unspecified atom stereocenters. The van der Waals surface area contributed by atoms with Gasteiger partial charge in [-0.3, -0.25) is 9.88 Å². The van der Waals surface area contributed by atoms with Crippen molar-refractivity contribution in [3.8, 4) is 0 Å². The van der Waals surface area contributed by atoms with Gasteiger partial charge in [-0.1, -0.05) is 42.5 Å². The van der Waals surface area contributed by atoms with Gasteiger partial charge in [-0.25, -0.2) is 0 Å². The molecule has 5 rings (SSSR count). The van der Waals surface area contributed by atoms with Gasteiger partial charge in [0.25, 0.3) is 0 Å². The zero-order valence-corrected chi connectivity index (χ0v) is 16.1. The van der Waals surface area contributed by atoms with Crippen LogP contribution < -0.4 is 5.32 Å². The van der Waals surface area contributed by atoms with E-state index in [-0.39, 0.29) is 6.04 Å². The van der Waals surface area contributed by atoms with E-state index < -0.39 is 0 Å². The SMILES string of the molecule is c1ccc2nc(C(c3csc4ccccc34)N3CCCNCC3)ccc2c1. The summed E-state index contributed by atoms with van der Waals surface area (Å²) in [4.78, 5) is 7.69. The number of nitrogens with one attached hydrogen (secondary N) is 1. The van der Waals surface area contributed by atoms with Gasteiger partial charge in [0.2, 0.25) is 0 Å². The maximum atomic E-state index is 5.09. The summed E-state index contributed by atoms with van der Waals surface area (Å²) in [6.07, 6.45) is 1.17. The van der Waals surface area contributed by atoms with Gasteiger partial charge in [0.05, 0.1) is 17.3 Å². The molecule has 2 aromatic heterocycles. The van der Waals surface area contributed by atoms with Crippen molar-refractivity contribution in [2.24, 2.45) is 0 Å². The molecule has 1 fully saturated rings. The molecule has 1 aliphatic rings. The lowest BCUT2D eigenvalue weighted by atomic mass is 9.99. The Kier molecular flexibility index (Phi) is 4.62. The van der Waals surface area contributed by atoms with Crippen LogP contribution in [0.5, 0.6) is 0 Å². The molecule has 27 heavy (non-hydrogen) atoms. The Morgan fingerprint density at radius 2 is 1.81 bits per heavy atom. The highest BCUT2D eigenvalue weighted by Gasteiger charge is 2.26. The first kappa shape index (κ1) is 16.9. The van der Waals surface area contributed by atoms with Gasteiger partial charge in [-0.05, 0) is 47.5 Å². The van der Waals surface area contributed by atoms with Gasteiger partial charge < -0.3 is 5.32 Å². The lowest BCUT2D eigenvalue weighted by Crippen LogP contribution is -2.33.